The Bertz CT molecular complexity index is 965. The number of hydrogen-bond acceptors (Lipinski definition) is 6. The van der Waals surface area contributed by atoms with Gasteiger partial charge in [0.1, 0.15) is 0 Å². The molecule has 7 heteroatoms. The van der Waals surface area contributed by atoms with Gasteiger partial charge in [0.25, 0.3) is 0 Å². The quantitative estimate of drug-likeness (QED) is 0.679. The van der Waals surface area contributed by atoms with E-state index in [1.54, 1.807) is 31.5 Å². The number of aryl methyl sites for hydroxylation is 1. The Morgan fingerprint density at radius 3 is 2.62 bits per heavy atom. The minimum Gasteiger partial charge on any atom is -0.481 e. The molecule has 0 spiro atoms. The minimum absolute atomic E-state index is 0.0550. The summed E-state index contributed by atoms with van der Waals surface area (Å²) in [6, 6.07) is 9.03. The van der Waals surface area contributed by atoms with Gasteiger partial charge in [0.15, 0.2) is 5.78 Å². The Kier molecular flexibility index (Phi) is 4.88. The summed E-state index contributed by atoms with van der Waals surface area (Å²) < 4.78 is 5.44. The van der Waals surface area contributed by atoms with Crippen molar-refractivity contribution in [3.8, 4) is 11.1 Å². The maximum atomic E-state index is 11.9. The van der Waals surface area contributed by atoms with E-state index in [-0.39, 0.29) is 18.1 Å². The lowest BCUT2D eigenvalue weighted by atomic mass is 9.92. The Labute approximate surface area is 149 Å². The zero-order chi connectivity index (χ0) is 18.7. The highest BCUT2D eigenvalue weighted by molar-refractivity contribution is 6.00. The molecule has 2 aromatic heterocycles. The molecule has 0 amide bonds. The van der Waals surface area contributed by atoms with E-state index < -0.39 is 11.9 Å². The van der Waals surface area contributed by atoms with E-state index in [1.807, 2.05) is 18.2 Å². The third-order valence-corrected chi connectivity index (χ3v) is 4.00. The first kappa shape index (κ1) is 17.5. The van der Waals surface area contributed by atoms with Gasteiger partial charge in [-0.15, -0.1) is 10.2 Å². The first-order valence-corrected chi connectivity index (χ1v) is 8.02. The number of Topliss-reactive ketones (excluding diaryl/α,β-unsaturated/α-hetero) is 1. The number of carbonyl (C=O) groups excluding carboxylic acids is 1. The third kappa shape index (κ3) is 3.66. The fourth-order valence-corrected chi connectivity index (χ4v) is 2.81. The fourth-order valence-electron chi connectivity index (χ4n) is 2.81. The van der Waals surface area contributed by atoms with Gasteiger partial charge in [-0.2, -0.15) is 0 Å². The SMILES string of the molecule is CC(=O)c1ccccc1-c1cncc(C(CC(=O)O)c2nnc(C)o2)c1. The number of ketones is 1. The molecule has 0 bridgehead atoms. The molecule has 0 aliphatic heterocycles. The molecule has 3 rings (SSSR count). The second-order valence-electron chi connectivity index (χ2n) is 5.92. The second-order valence-corrected chi connectivity index (χ2v) is 5.92. The summed E-state index contributed by atoms with van der Waals surface area (Å²) in [5.74, 6) is -1.07. The van der Waals surface area contributed by atoms with E-state index in [2.05, 4.69) is 15.2 Å². The molecular weight excluding hydrogens is 334 g/mol. The molecule has 0 radical (unpaired) electrons. The molecule has 0 saturated carbocycles. The molecule has 132 valence electrons. The van der Waals surface area contributed by atoms with Gasteiger partial charge in [-0.1, -0.05) is 24.3 Å². The fraction of sp³-hybridized carbons (Fsp3) is 0.211. The first-order chi connectivity index (χ1) is 12.5. The van der Waals surface area contributed by atoms with Gasteiger partial charge >= 0.3 is 5.97 Å². The van der Waals surface area contributed by atoms with Crippen LogP contribution in [0.1, 0.15) is 47.0 Å². The zero-order valence-corrected chi connectivity index (χ0v) is 14.3. The van der Waals surface area contributed by atoms with E-state index in [1.165, 1.54) is 6.92 Å². The van der Waals surface area contributed by atoms with Crippen LogP contribution in [0.3, 0.4) is 0 Å². The third-order valence-electron chi connectivity index (χ3n) is 4.00. The molecule has 0 aliphatic carbocycles. The van der Waals surface area contributed by atoms with E-state index in [9.17, 15) is 14.7 Å². The highest BCUT2D eigenvalue weighted by Crippen LogP contribution is 2.31. The van der Waals surface area contributed by atoms with Gasteiger partial charge in [0, 0.05) is 30.4 Å². The van der Waals surface area contributed by atoms with Gasteiger partial charge in [0.05, 0.1) is 12.3 Å². The Morgan fingerprint density at radius 2 is 1.96 bits per heavy atom. The lowest BCUT2D eigenvalue weighted by molar-refractivity contribution is -0.137. The largest absolute Gasteiger partial charge is 0.481 e. The van der Waals surface area contributed by atoms with Crippen LogP contribution in [0, 0.1) is 6.92 Å². The van der Waals surface area contributed by atoms with Crippen molar-refractivity contribution in [2.45, 2.75) is 26.2 Å². The molecule has 1 atom stereocenters. The number of aromatic nitrogens is 3. The van der Waals surface area contributed by atoms with Crippen molar-refractivity contribution in [3.05, 3.63) is 65.6 Å². The number of aliphatic carboxylic acids is 1. The number of carbonyl (C=O) groups is 2. The summed E-state index contributed by atoms with van der Waals surface area (Å²) in [5.41, 5.74) is 2.67. The lowest BCUT2D eigenvalue weighted by Gasteiger charge is -2.13. The van der Waals surface area contributed by atoms with E-state index in [4.69, 9.17) is 4.42 Å². The number of carboxylic acid groups (broad SMARTS) is 1. The van der Waals surface area contributed by atoms with E-state index in [0.717, 1.165) is 11.1 Å². The van der Waals surface area contributed by atoms with Crippen LogP contribution in [-0.2, 0) is 4.79 Å². The lowest BCUT2D eigenvalue weighted by Crippen LogP contribution is -2.09. The summed E-state index contributed by atoms with van der Waals surface area (Å²) in [6.07, 6.45) is 3.01. The average Bonchev–Trinajstić information content (AvgIpc) is 3.05. The zero-order valence-electron chi connectivity index (χ0n) is 14.3. The van der Waals surface area contributed by atoms with Crippen molar-refractivity contribution < 1.29 is 19.1 Å². The number of nitrogens with zero attached hydrogens (tertiary/aromatic N) is 3. The second kappa shape index (κ2) is 7.26. The molecule has 2 heterocycles. The highest BCUT2D eigenvalue weighted by atomic mass is 16.4. The van der Waals surface area contributed by atoms with Crippen molar-refractivity contribution in [1.29, 1.82) is 0 Å². The number of benzene rings is 1. The van der Waals surface area contributed by atoms with Crippen molar-refractivity contribution in [2.24, 2.45) is 0 Å². The number of hydrogen-bond donors (Lipinski definition) is 1. The Morgan fingerprint density at radius 1 is 1.19 bits per heavy atom. The number of rotatable bonds is 6. The molecule has 0 fully saturated rings. The topological polar surface area (TPSA) is 106 Å². The van der Waals surface area contributed by atoms with Gasteiger partial charge < -0.3 is 9.52 Å². The standard InChI is InChI=1S/C19H17N3O4/c1-11(23)15-5-3-4-6-16(15)13-7-14(10-20-9-13)17(8-18(24)25)19-22-21-12(2)26-19/h3-7,9-10,17H,8H2,1-2H3,(H,24,25). The molecule has 1 N–H and O–H groups in total. The van der Waals surface area contributed by atoms with Gasteiger partial charge in [-0.3, -0.25) is 14.6 Å². The van der Waals surface area contributed by atoms with E-state index in [0.29, 0.717) is 17.0 Å². The van der Waals surface area contributed by atoms with Crippen molar-refractivity contribution in [3.63, 3.8) is 0 Å². The summed E-state index contributed by atoms with van der Waals surface area (Å²) in [6.45, 7) is 3.15. The molecule has 7 nitrogen and oxygen atoms in total. The van der Waals surface area contributed by atoms with Gasteiger partial charge in [0.2, 0.25) is 11.8 Å². The molecule has 0 saturated heterocycles. The van der Waals surface area contributed by atoms with Gasteiger partial charge in [-0.05, 0) is 24.1 Å². The molecule has 26 heavy (non-hydrogen) atoms. The van der Waals surface area contributed by atoms with Crippen LogP contribution in [0.4, 0.5) is 0 Å². The Hall–Kier alpha value is -3.35. The highest BCUT2D eigenvalue weighted by Gasteiger charge is 2.24. The van der Waals surface area contributed by atoms with Crippen LogP contribution < -0.4 is 0 Å². The molecule has 0 aliphatic rings. The van der Waals surface area contributed by atoms with Crippen LogP contribution in [0.15, 0.2) is 47.1 Å². The van der Waals surface area contributed by atoms with E-state index >= 15 is 0 Å². The molecule has 3 aromatic rings. The molecule has 1 unspecified atom stereocenters. The first-order valence-electron chi connectivity index (χ1n) is 8.02. The maximum absolute atomic E-state index is 11.9. The van der Waals surface area contributed by atoms with Gasteiger partial charge in [-0.25, -0.2) is 0 Å². The summed E-state index contributed by atoms with van der Waals surface area (Å²) in [4.78, 5) is 27.4. The maximum Gasteiger partial charge on any atom is 0.304 e. The van der Waals surface area contributed by atoms with Crippen LogP contribution in [0.25, 0.3) is 11.1 Å². The number of carboxylic acids is 1. The normalized spacial score (nSPS) is 11.9. The summed E-state index contributed by atoms with van der Waals surface area (Å²) >= 11 is 0. The predicted molar refractivity (Wildman–Crippen MR) is 92.8 cm³/mol. The monoisotopic (exact) mass is 351 g/mol. The summed E-state index contributed by atoms with van der Waals surface area (Å²) in [5, 5.41) is 17.0. The number of pyridine rings is 1. The van der Waals surface area contributed by atoms with Crippen molar-refractivity contribution in [2.75, 3.05) is 0 Å². The van der Waals surface area contributed by atoms with Crippen LogP contribution >= 0.6 is 0 Å². The summed E-state index contributed by atoms with van der Waals surface area (Å²) in [7, 11) is 0. The van der Waals surface area contributed by atoms with Crippen LogP contribution in [-0.4, -0.2) is 32.0 Å². The van der Waals surface area contributed by atoms with Crippen molar-refractivity contribution in [1.82, 2.24) is 15.2 Å². The molecule has 1 aromatic carbocycles. The van der Waals surface area contributed by atoms with Crippen molar-refractivity contribution >= 4 is 11.8 Å². The van der Waals surface area contributed by atoms with Crippen LogP contribution in [0.2, 0.25) is 0 Å². The molecular formula is C19H17N3O4. The Balaban J connectivity index is 2.07. The smallest absolute Gasteiger partial charge is 0.304 e. The average molecular weight is 351 g/mol. The van der Waals surface area contributed by atoms with Crippen LogP contribution in [0.5, 0.6) is 0 Å². The predicted octanol–water partition coefficient (Wildman–Crippen LogP) is 3.25. The minimum atomic E-state index is -0.986.